The summed E-state index contributed by atoms with van der Waals surface area (Å²) in [4.78, 5) is 16.2. The van der Waals surface area contributed by atoms with Gasteiger partial charge in [-0.3, -0.25) is 9.78 Å². The van der Waals surface area contributed by atoms with Crippen LogP contribution in [0.2, 0.25) is 0 Å². The molecule has 0 radical (unpaired) electrons. The van der Waals surface area contributed by atoms with Gasteiger partial charge in [0.25, 0.3) is 0 Å². The van der Waals surface area contributed by atoms with Crippen LogP contribution in [0.1, 0.15) is 21.6 Å². The highest BCUT2D eigenvalue weighted by atomic mass is 79.9. The SMILES string of the molecule is Cc1ccc(Br)cc1C(=O)c1ccccn1. The third-order valence-corrected chi connectivity index (χ3v) is 2.84. The molecule has 0 aliphatic heterocycles. The first-order chi connectivity index (χ1) is 7.68. The molecule has 0 spiro atoms. The summed E-state index contributed by atoms with van der Waals surface area (Å²) in [6.45, 7) is 1.92. The van der Waals surface area contributed by atoms with Gasteiger partial charge in [0.15, 0.2) is 0 Å². The van der Waals surface area contributed by atoms with E-state index in [4.69, 9.17) is 0 Å². The molecule has 1 heterocycles. The molecular formula is C13H10BrNO. The van der Waals surface area contributed by atoms with Crippen LogP contribution >= 0.6 is 15.9 Å². The maximum atomic E-state index is 12.1. The Labute approximate surface area is 102 Å². The highest BCUT2D eigenvalue weighted by Gasteiger charge is 2.12. The summed E-state index contributed by atoms with van der Waals surface area (Å²) in [7, 11) is 0. The number of carbonyl (C=O) groups is 1. The Balaban J connectivity index is 2.46. The van der Waals surface area contributed by atoms with E-state index in [1.54, 1.807) is 18.3 Å². The Kier molecular flexibility index (Phi) is 3.15. The summed E-state index contributed by atoms with van der Waals surface area (Å²) in [6, 6.07) is 11.0. The van der Waals surface area contributed by atoms with Gasteiger partial charge in [0, 0.05) is 16.2 Å². The smallest absolute Gasteiger partial charge is 0.211 e. The van der Waals surface area contributed by atoms with Gasteiger partial charge < -0.3 is 0 Å². The van der Waals surface area contributed by atoms with E-state index >= 15 is 0 Å². The molecule has 0 amide bonds. The van der Waals surface area contributed by atoms with E-state index in [2.05, 4.69) is 20.9 Å². The van der Waals surface area contributed by atoms with Gasteiger partial charge in [0.05, 0.1) is 0 Å². The van der Waals surface area contributed by atoms with E-state index in [0.717, 1.165) is 10.0 Å². The maximum absolute atomic E-state index is 12.1. The third kappa shape index (κ3) is 2.19. The Morgan fingerprint density at radius 2 is 2.06 bits per heavy atom. The van der Waals surface area contributed by atoms with Crippen molar-refractivity contribution in [1.82, 2.24) is 4.98 Å². The number of hydrogen-bond donors (Lipinski definition) is 0. The number of pyridine rings is 1. The Morgan fingerprint density at radius 1 is 1.25 bits per heavy atom. The number of nitrogens with zero attached hydrogens (tertiary/aromatic N) is 1. The molecule has 0 unspecified atom stereocenters. The van der Waals surface area contributed by atoms with Crippen molar-refractivity contribution >= 4 is 21.7 Å². The van der Waals surface area contributed by atoms with Crippen molar-refractivity contribution in [3.05, 3.63) is 63.9 Å². The van der Waals surface area contributed by atoms with Crippen LogP contribution in [0, 0.1) is 6.92 Å². The first-order valence-electron chi connectivity index (χ1n) is 4.90. The van der Waals surface area contributed by atoms with Crippen molar-refractivity contribution in [2.24, 2.45) is 0 Å². The van der Waals surface area contributed by atoms with Crippen molar-refractivity contribution in [1.29, 1.82) is 0 Å². The number of aromatic nitrogens is 1. The van der Waals surface area contributed by atoms with Crippen molar-refractivity contribution < 1.29 is 4.79 Å². The van der Waals surface area contributed by atoms with Crippen LogP contribution in [0.3, 0.4) is 0 Å². The zero-order valence-corrected chi connectivity index (χ0v) is 10.4. The van der Waals surface area contributed by atoms with Crippen LogP contribution in [0.5, 0.6) is 0 Å². The number of aryl methyl sites for hydroxylation is 1. The lowest BCUT2D eigenvalue weighted by atomic mass is 10.0. The molecule has 0 fully saturated rings. The van der Waals surface area contributed by atoms with E-state index < -0.39 is 0 Å². The number of rotatable bonds is 2. The van der Waals surface area contributed by atoms with Crippen molar-refractivity contribution in [2.45, 2.75) is 6.92 Å². The van der Waals surface area contributed by atoms with Gasteiger partial charge >= 0.3 is 0 Å². The van der Waals surface area contributed by atoms with E-state index in [1.165, 1.54) is 0 Å². The first kappa shape index (κ1) is 11.0. The number of hydrogen-bond acceptors (Lipinski definition) is 2. The summed E-state index contributed by atoms with van der Waals surface area (Å²) >= 11 is 3.36. The van der Waals surface area contributed by atoms with Crippen LogP contribution < -0.4 is 0 Å². The Hall–Kier alpha value is -1.48. The second-order valence-corrected chi connectivity index (χ2v) is 4.42. The Morgan fingerprint density at radius 3 is 2.75 bits per heavy atom. The average molecular weight is 276 g/mol. The second kappa shape index (κ2) is 4.58. The highest BCUT2D eigenvalue weighted by molar-refractivity contribution is 9.10. The number of carbonyl (C=O) groups excluding carboxylic acids is 1. The second-order valence-electron chi connectivity index (χ2n) is 3.50. The lowest BCUT2D eigenvalue weighted by Crippen LogP contribution is -2.05. The van der Waals surface area contributed by atoms with E-state index in [1.807, 2.05) is 31.2 Å². The zero-order valence-electron chi connectivity index (χ0n) is 8.77. The third-order valence-electron chi connectivity index (χ3n) is 2.34. The summed E-state index contributed by atoms with van der Waals surface area (Å²) < 4.78 is 0.900. The lowest BCUT2D eigenvalue weighted by molar-refractivity contribution is 0.103. The fourth-order valence-corrected chi connectivity index (χ4v) is 1.83. The van der Waals surface area contributed by atoms with Gasteiger partial charge in [0.1, 0.15) is 5.69 Å². The van der Waals surface area contributed by atoms with Gasteiger partial charge in [-0.1, -0.05) is 28.1 Å². The maximum Gasteiger partial charge on any atom is 0.211 e. The zero-order chi connectivity index (χ0) is 11.5. The van der Waals surface area contributed by atoms with Gasteiger partial charge in [-0.25, -0.2) is 0 Å². The molecule has 0 aliphatic carbocycles. The minimum absolute atomic E-state index is 0.0422. The Bertz CT molecular complexity index is 523. The summed E-state index contributed by atoms with van der Waals surface area (Å²) in [5, 5.41) is 0. The molecular weight excluding hydrogens is 266 g/mol. The normalized spacial score (nSPS) is 10.1. The molecule has 0 N–H and O–H groups in total. The monoisotopic (exact) mass is 275 g/mol. The fourth-order valence-electron chi connectivity index (χ4n) is 1.47. The molecule has 16 heavy (non-hydrogen) atoms. The minimum Gasteiger partial charge on any atom is -0.287 e. The van der Waals surface area contributed by atoms with E-state index in [9.17, 15) is 4.79 Å². The van der Waals surface area contributed by atoms with Gasteiger partial charge in [-0.15, -0.1) is 0 Å². The molecule has 0 bridgehead atoms. The van der Waals surface area contributed by atoms with Crippen molar-refractivity contribution in [2.75, 3.05) is 0 Å². The summed E-state index contributed by atoms with van der Waals surface area (Å²) in [6.07, 6.45) is 1.63. The minimum atomic E-state index is -0.0422. The van der Waals surface area contributed by atoms with Gasteiger partial charge in [0.2, 0.25) is 5.78 Å². The molecule has 2 rings (SSSR count). The predicted octanol–water partition coefficient (Wildman–Crippen LogP) is 3.38. The first-order valence-corrected chi connectivity index (χ1v) is 5.69. The van der Waals surface area contributed by atoms with Crippen LogP contribution in [0.4, 0.5) is 0 Å². The largest absolute Gasteiger partial charge is 0.287 e. The molecule has 0 aliphatic rings. The summed E-state index contributed by atoms with van der Waals surface area (Å²) in [5.74, 6) is -0.0422. The summed E-state index contributed by atoms with van der Waals surface area (Å²) in [5.41, 5.74) is 2.12. The molecule has 0 atom stereocenters. The van der Waals surface area contributed by atoms with Crippen LogP contribution in [0.15, 0.2) is 47.1 Å². The molecule has 0 saturated carbocycles. The fraction of sp³-hybridized carbons (Fsp3) is 0.0769. The number of benzene rings is 1. The molecule has 1 aromatic heterocycles. The topological polar surface area (TPSA) is 30.0 Å². The highest BCUT2D eigenvalue weighted by Crippen LogP contribution is 2.18. The van der Waals surface area contributed by atoms with E-state index in [0.29, 0.717) is 11.3 Å². The molecule has 3 heteroatoms. The van der Waals surface area contributed by atoms with Crippen molar-refractivity contribution in [3.63, 3.8) is 0 Å². The van der Waals surface area contributed by atoms with E-state index in [-0.39, 0.29) is 5.78 Å². The standard InChI is InChI=1S/C13H10BrNO/c1-9-5-6-10(14)8-11(9)13(16)12-4-2-3-7-15-12/h2-8H,1H3. The average Bonchev–Trinajstić information content (AvgIpc) is 2.32. The molecule has 80 valence electrons. The van der Waals surface area contributed by atoms with Crippen molar-refractivity contribution in [3.8, 4) is 0 Å². The number of ketones is 1. The van der Waals surface area contributed by atoms with Gasteiger partial charge in [-0.2, -0.15) is 0 Å². The quantitative estimate of drug-likeness (QED) is 0.787. The molecule has 2 nitrogen and oxygen atoms in total. The van der Waals surface area contributed by atoms with Crippen LogP contribution in [0.25, 0.3) is 0 Å². The van der Waals surface area contributed by atoms with Crippen LogP contribution in [-0.4, -0.2) is 10.8 Å². The van der Waals surface area contributed by atoms with Gasteiger partial charge in [-0.05, 0) is 36.8 Å². The molecule has 0 saturated heterocycles. The lowest BCUT2D eigenvalue weighted by Gasteiger charge is -2.04. The number of halogens is 1. The predicted molar refractivity (Wildman–Crippen MR) is 66.5 cm³/mol. The molecule has 2 aromatic rings. The molecule has 1 aromatic carbocycles. The van der Waals surface area contributed by atoms with Crippen LogP contribution in [-0.2, 0) is 0 Å².